The Hall–Kier alpha value is -1.74. The van der Waals surface area contributed by atoms with Gasteiger partial charge in [0.1, 0.15) is 0 Å². The molecular formula is C20H34O5Si. The van der Waals surface area contributed by atoms with Gasteiger partial charge in [0.2, 0.25) is 8.32 Å². The van der Waals surface area contributed by atoms with Crippen molar-refractivity contribution in [3.63, 3.8) is 0 Å². The summed E-state index contributed by atoms with van der Waals surface area (Å²) in [6.07, 6.45) is 7.79. The van der Waals surface area contributed by atoms with E-state index in [0.717, 1.165) is 5.76 Å². The van der Waals surface area contributed by atoms with Gasteiger partial charge in [-0.1, -0.05) is 34.6 Å². The third-order valence-corrected chi connectivity index (χ3v) is 9.62. The van der Waals surface area contributed by atoms with Gasteiger partial charge in [-0.2, -0.15) is 0 Å². The molecule has 0 aliphatic heterocycles. The average molecular weight is 383 g/mol. The molecule has 0 radical (unpaired) electrons. The molecule has 0 aliphatic rings. The third-order valence-electron chi connectivity index (χ3n) is 5.23. The highest BCUT2D eigenvalue weighted by molar-refractivity contribution is 6.74. The van der Waals surface area contributed by atoms with Gasteiger partial charge in [-0.25, -0.2) is 0 Å². The van der Waals surface area contributed by atoms with Gasteiger partial charge in [-0.15, -0.1) is 12.3 Å². The lowest BCUT2D eigenvalue weighted by molar-refractivity contribution is -0.171. The molecule has 0 bridgehead atoms. The highest BCUT2D eigenvalue weighted by atomic mass is 28.4. The maximum atomic E-state index is 12.5. The molecule has 0 saturated heterocycles. The molecule has 0 rings (SSSR count). The van der Waals surface area contributed by atoms with Crippen LogP contribution >= 0.6 is 0 Å². The predicted molar refractivity (Wildman–Crippen MR) is 106 cm³/mol. The molecule has 0 aromatic heterocycles. The Kier molecular flexibility index (Phi) is 8.65. The molecule has 1 unspecified atom stereocenters. The molecule has 6 heteroatoms. The van der Waals surface area contributed by atoms with Gasteiger partial charge in [0.15, 0.2) is 5.41 Å². The average Bonchev–Trinajstić information content (AvgIpc) is 2.56. The van der Waals surface area contributed by atoms with Crippen molar-refractivity contribution >= 4 is 20.3 Å². The summed E-state index contributed by atoms with van der Waals surface area (Å²) in [4.78, 5) is 25.0. The van der Waals surface area contributed by atoms with Gasteiger partial charge < -0.3 is 13.9 Å². The molecule has 0 amide bonds. The first-order valence-electron chi connectivity index (χ1n) is 8.84. The van der Waals surface area contributed by atoms with E-state index in [0.29, 0.717) is 6.42 Å². The van der Waals surface area contributed by atoms with Crippen molar-refractivity contribution in [2.24, 2.45) is 11.3 Å². The molecule has 0 saturated carbocycles. The molecule has 26 heavy (non-hydrogen) atoms. The summed E-state index contributed by atoms with van der Waals surface area (Å²) in [6.45, 7) is 14.5. The van der Waals surface area contributed by atoms with Crippen LogP contribution in [0.4, 0.5) is 0 Å². The first-order valence-corrected chi connectivity index (χ1v) is 11.7. The summed E-state index contributed by atoms with van der Waals surface area (Å²) >= 11 is 0. The Morgan fingerprint density at radius 3 is 1.92 bits per heavy atom. The number of hydrogen-bond donors (Lipinski definition) is 0. The van der Waals surface area contributed by atoms with Gasteiger partial charge in [-0.3, -0.25) is 9.59 Å². The van der Waals surface area contributed by atoms with E-state index >= 15 is 0 Å². The van der Waals surface area contributed by atoms with Crippen LogP contribution in [0.1, 0.15) is 47.5 Å². The van der Waals surface area contributed by atoms with Crippen LogP contribution in [0.15, 0.2) is 11.8 Å². The van der Waals surface area contributed by atoms with Crippen molar-refractivity contribution in [1.82, 2.24) is 0 Å². The Morgan fingerprint density at radius 2 is 1.62 bits per heavy atom. The predicted octanol–water partition coefficient (Wildman–Crippen LogP) is 4.29. The lowest BCUT2D eigenvalue weighted by Gasteiger charge is -2.38. The van der Waals surface area contributed by atoms with Gasteiger partial charge >= 0.3 is 11.9 Å². The molecule has 1 atom stereocenters. The minimum Gasteiger partial charge on any atom is -0.547 e. The standard InChI is InChI=1S/C20H34O5Si/c1-11-13-20(17(21)23-7,18(22)24-8)15(3)14-16(12-2)25-26(9,10)19(4,5)6/h1,14-15H,12-13H2,2-10H3/b16-14+. The van der Waals surface area contributed by atoms with Crippen molar-refractivity contribution in [2.75, 3.05) is 14.2 Å². The minimum absolute atomic E-state index is 0.0328. The Labute approximate surface area is 159 Å². The lowest BCUT2D eigenvalue weighted by Crippen LogP contribution is -2.46. The van der Waals surface area contributed by atoms with Crippen LogP contribution in [-0.4, -0.2) is 34.5 Å². The van der Waals surface area contributed by atoms with Crippen molar-refractivity contribution in [1.29, 1.82) is 0 Å². The Bertz CT molecular complexity index is 562. The van der Waals surface area contributed by atoms with Crippen LogP contribution in [0, 0.1) is 23.7 Å². The summed E-state index contributed by atoms with van der Waals surface area (Å²) < 4.78 is 16.1. The van der Waals surface area contributed by atoms with Crippen LogP contribution in [0.25, 0.3) is 0 Å². The number of esters is 2. The fourth-order valence-corrected chi connectivity index (χ4v) is 3.59. The van der Waals surface area contributed by atoms with Crippen molar-refractivity contribution in [3.05, 3.63) is 11.8 Å². The summed E-state index contributed by atoms with van der Waals surface area (Å²) in [5, 5.41) is 0.0328. The number of hydrogen-bond acceptors (Lipinski definition) is 5. The van der Waals surface area contributed by atoms with E-state index in [4.69, 9.17) is 20.3 Å². The fourth-order valence-electron chi connectivity index (χ4n) is 2.41. The summed E-state index contributed by atoms with van der Waals surface area (Å²) in [5.41, 5.74) is -1.59. The second kappa shape index (κ2) is 9.27. The molecule has 0 heterocycles. The first-order chi connectivity index (χ1) is 11.8. The van der Waals surface area contributed by atoms with Gasteiger partial charge in [0.25, 0.3) is 0 Å². The van der Waals surface area contributed by atoms with Crippen LogP contribution < -0.4 is 0 Å². The third kappa shape index (κ3) is 5.13. The lowest BCUT2D eigenvalue weighted by atomic mass is 9.73. The van der Waals surface area contributed by atoms with Crippen LogP contribution in [0.2, 0.25) is 18.1 Å². The largest absolute Gasteiger partial charge is 0.547 e. The van der Waals surface area contributed by atoms with E-state index in [-0.39, 0.29) is 11.5 Å². The molecule has 148 valence electrons. The highest BCUT2D eigenvalue weighted by Crippen LogP contribution is 2.40. The van der Waals surface area contributed by atoms with E-state index < -0.39 is 31.6 Å². The smallest absolute Gasteiger partial charge is 0.324 e. The quantitative estimate of drug-likeness (QED) is 0.206. The SMILES string of the molecule is C#CCC(C(=O)OC)(C(=O)OC)C(C)/C=C(\CC)O[Si](C)(C)C(C)(C)C. The van der Waals surface area contributed by atoms with E-state index in [2.05, 4.69) is 39.8 Å². The maximum absolute atomic E-state index is 12.5. The fraction of sp³-hybridized carbons (Fsp3) is 0.700. The summed E-state index contributed by atoms with van der Waals surface area (Å²) in [7, 11) is 0.427. The van der Waals surface area contributed by atoms with Crippen molar-refractivity contribution in [2.45, 2.75) is 65.6 Å². The molecule has 0 aliphatic carbocycles. The molecule has 0 aromatic rings. The number of methoxy groups -OCH3 is 2. The highest BCUT2D eigenvalue weighted by Gasteiger charge is 2.52. The number of carbonyl (C=O) groups is 2. The number of ether oxygens (including phenoxy) is 2. The van der Waals surface area contributed by atoms with E-state index in [1.807, 2.05) is 13.0 Å². The summed E-state index contributed by atoms with van der Waals surface area (Å²) in [5.74, 6) is 1.23. The zero-order chi connectivity index (χ0) is 20.8. The number of rotatable bonds is 8. The van der Waals surface area contributed by atoms with Crippen LogP contribution in [0.5, 0.6) is 0 Å². The van der Waals surface area contributed by atoms with E-state index in [1.54, 1.807) is 6.92 Å². The summed E-state index contributed by atoms with van der Waals surface area (Å²) in [6, 6.07) is 0. The number of carbonyl (C=O) groups excluding carboxylic acids is 2. The zero-order valence-electron chi connectivity index (χ0n) is 17.7. The van der Waals surface area contributed by atoms with Gasteiger partial charge in [0, 0.05) is 18.8 Å². The molecular weight excluding hydrogens is 348 g/mol. The molecule has 0 N–H and O–H groups in total. The second-order valence-electron chi connectivity index (χ2n) is 7.97. The molecule has 0 spiro atoms. The van der Waals surface area contributed by atoms with Crippen LogP contribution in [0.3, 0.4) is 0 Å². The Balaban J connectivity index is 6.07. The topological polar surface area (TPSA) is 61.8 Å². The van der Waals surface area contributed by atoms with E-state index in [1.165, 1.54) is 14.2 Å². The van der Waals surface area contributed by atoms with Crippen molar-refractivity contribution < 1.29 is 23.5 Å². The molecule has 0 aromatic carbocycles. The zero-order valence-corrected chi connectivity index (χ0v) is 18.7. The first kappa shape index (κ1) is 24.3. The maximum Gasteiger partial charge on any atom is 0.324 e. The second-order valence-corrected chi connectivity index (χ2v) is 12.7. The minimum atomic E-state index is -2.05. The Morgan fingerprint density at radius 1 is 1.15 bits per heavy atom. The number of terminal acetylenes is 1. The monoisotopic (exact) mass is 382 g/mol. The molecule has 0 fully saturated rings. The number of allylic oxidation sites excluding steroid dienone is 2. The van der Waals surface area contributed by atoms with Crippen LogP contribution in [-0.2, 0) is 23.5 Å². The molecule has 5 nitrogen and oxygen atoms in total. The van der Waals surface area contributed by atoms with Crippen molar-refractivity contribution in [3.8, 4) is 12.3 Å². The van der Waals surface area contributed by atoms with E-state index in [9.17, 15) is 9.59 Å². The normalized spacial score (nSPS) is 14.2. The van der Waals surface area contributed by atoms with Gasteiger partial charge in [-0.05, 0) is 24.2 Å². The van der Waals surface area contributed by atoms with Gasteiger partial charge in [0.05, 0.1) is 20.0 Å².